The molecule has 0 spiro atoms. The van der Waals surface area contributed by atoms with E-state index in [1.54, 1.807) is 0 Å². The van der Waals surface area contributed by atoms with Crippen molar-refractivity contribution in [1.29, 1.82) is 0 Å². The molecule has 1 saturated heterocycles. The highest BCUT2D eigenvalue weighted by molar-refractivity contribution is 8.00. The lowest BCUT2D eigenvalue weighted by molar-refractivity contribution is 0.261. The van der Waals surface area contributed by atoms with Crippen molar-refractivity contribution < 1.29 is 0 Å². The van der Waals surface area contributed by atoms with E-state index < -0.39 is 0 Å². The minimum atomic E-state index is 0.621. The Morgan fingerprint density at radius 3 is 2.53 bits per heavy atom. The Hall–Kier alpha value is 0.270. The molecule has 1 N–H and O–H groups in total. The van der Waals surface area contributed by atoms with Crippen LogP contribution in [0.1, 0.15) is 34.1 Å². The topological polar surface area (TPSA) is 15.3 Å². The van der Waals surface area contributed by atoms with Crippen molar-refractivity contribution in [2.24, 2.45) is 0 Å². The van der Waals surface area contributed by atoms with Crippen LogP contribution < -0.4 is 5.32 Å². The van der Waals surface area contributed by atoms with Crippen molar-refractivity contribution in [2.75, 3.05) is 25.4 Å². The Morgan fingerprint density at radius 2 is 2.07 bits per heavy atom. The summed E-state index contributed by atoms with van der Waals surface area (Å²) < 4.78 is 0. The maximum atomic E-state index is 3.77. The normalized spacial score (nSPS) is 28.6. The van der Waals surface area contributed by atoms with Gasteiger partial charge in [0.25, 0.3) is 0 Å². The van der Waals surface area contributed by atoms with Gasteiger partial charge in [-0.25, -0.2) is 0 Å². The van der Waals surface area contributed by atoms with Gasteiger partial charge in [-0.3, -0.25) is 0 Å². The quantitative estimate of drug-likeness (QED) is 0.753. The first-order valence-corrected chi connectivity index (χ1v) is 7.32. The number of hydrogen-bond donors (Lipinski definition) is 1. The highest BCUT2D eigenvalue weighted by Crippen LogP contribution is 2.26. The zero-order valence-electron chi connectivity index (χ0n) is 10.6. The molecule has 0 saturated carbocycles. The van der Waals surface area contributed by atoms with Gasteiger partial charge in [-0.1, -0.05) is 20.8 Å². The van der Waals surface area contributed by atoms with Gasteiger partial charge in [0.1, 0.15) is 0 Å². The van der Waals surface area contributed by atoms with E-state index in [0.717, 1.165) is 24.4 Å². The van der Waals surface area contributed by atoms with Crippen LogP contribution in [-0.4, -0.2) is 47.6 Å². The molecular formula is C12H26N2S. The molecule has 0 amide bonds. The minimum Gasteiger partial charge on any atom is -0.309 e. The van der Waals surface area contributed by atoms with Crippen LogP contribution in [0.15, 0.2) is 0 Å². The lowest BCUT2D eigenvalue weighted by Crippen LogP contribution is -2.45. The average Bonchev–Trinajstić information content (AvgIpc) is 2.61. The molecule has 0 radical (unpaired) electrons. The zero-order chi connectivity index (χ0) is 11.3. The summed E-state index contributed by atoms with van der Waals surface area (Å²) in [4.78, 5) is 2.49. The van der Waals surface area contributed by atoms with Crippen LogP contribution in [0.2, 0.25) is 0 Å². The summed E-state index contributed by atoms with van der Waals surface area (Å²) in [5, 5.41) is 4.56. The fraction of sp³-hybridized carbons (Fsp3) is 1.00. The van der Waals surface area contributed by atoms with Crippen molar-refractivity contribution in [3.05, 3.63) is 0 Å². The fourth-order valence-corrected chi connectivity index (χ4v) is 3.45. The molecule has 1 aliphatic heterocycles. The third-order valence-corrected chi connectivity index (χ3v) is 4.63. The van der Waals surface area contributed by atoms with Crippen LogP contribution in [0.5, 0.6) is 0 Å². The highest BCUT2D eigenvalue weighted by Gasteiger charge is 2.25. The Balaban J connectivity index is 2.25. The predicted molar refractivity (Wildman–Crippen MR) is 70.7 cm³/mol. The van der Waals surface area contributed by atoms with Gasteiger partial charge in [-0.15, -0.1) is 0 Å². The van der Waals surface area contributed by atoms with Gasteiger partial charge in [0.15, 0.2) is 0 Å². The van der Waals surface area contributed by atoms with Gasteiger partial charge < -0.3 is 10.2 Å². The maximum absolute atomic E-state index is 3.77. The Morgan fingerprint density at radius 1 is 1.40 bits per heavy atom. The van der Waals surface area contributed by atoms with Crippen LogP contribution in [0.3, 0.4) is 0 Å². The summed E-state index contributed by atoms with van der Waals surface area (Å²) >= 11 is 2.10. The molecule has 0 aromatic rings. The third kappa shape index (κ3) is 4.33. The van der Waals surface area contributed by atoms with Crippen LogP contribution >= 0.6 is 11.8 Å². The molecule has 1 aliphatic rings. The van der Waals surface area contributed by atoms with E-state index in [4.69, 9.17) is 0 Å². The summed E-state index contributed by atoms with van der Waals surface area (Å²) in [6.45, 7) is 12.7. The molecule has 3 atom stereocenters. The van der Waals surface area contributed by atoms with E-state index in [-0.39, 0.29) is 0 Å². The summed E-state index contributed by atoms with van der Waals surface area (Å²) in [6.07, 6.45) is 1.34. The van der Waals surface area contributed by atoms with Gasteiger partial charge in [-0.2, -0.15) is 11.8 Å². The van der Waals surface area contributed by atoms with E-state index in [1.165, 1.54) is 18.7 Å². The molecule has 1 heterocycles. The molecule has 0 bridgehead atoms. The van der Waals surface area contributed by atoms with E-state index >= 15 is 0 Å². The summed E-state index contributed by atoms with van der Waals surface area (Å²) in [6, 6.07) is 1.36. The Labute approximate surface area is 99.2 Å². The molecular weight excluding hydrogens is 204 g/mol. The third-order valence-electron chi connectivity index (χ3n) is 3.30. The standard InChI is InChI=1S/C12H26N2S/c1-5-14(6-2)9-10(3)13-12-7-8-15-11(12)4/h10-13H,5-9H2,1-4H3. The van der Waals surface area contributed by atoms with Crippen molar-refractivity contribution in [2.45, 2.75) is 51.4 Å². The highest BCUT2D eigenvalue weighted by atomic mass is 32.2. The SMILES string of the molecule is CCN(CC)CC(C)NC1CCSC1C. The largest absolute Gasteiger partial charge is 0.309 e. The first-order chi connectivity index (χ1) is 7.17. The molecule has 0 aromatic heterocycles. The predicted octanol–water partition coefficient (Wildman–Crippen LogP) is 2.20. The van der Waals surface area contributed by atoms with Crippen LogP contribution in [0, 0.1) is 0 Å². The maximum Gasteiger partial charge on any atom is 0.0194 e. The summed E-state index contributed by atoms with van der Waals surface area (Å²) in [5.41, 5.74) is 0. The lowest BCUT2D eigenvalue weighted by Gasteiger charge is -2.27. The number of nitrogens with one attached hydrogen (secondary N) is 1. The van der Waals surface area contributed by atoms with Gasteiger partial charge >= 0.3 is 0 Å². The van der Waals surface area contributed by atoms with Crippen molar-refractivity contribution >= 4 is 11.8 Å². The second kappa shape index (κ2) is 6.77. The van der Waals surface area contributed by atoms with Gasteiger partial charge in [-0.05, 0) is 32.2 Å². The van der Waals surface area contributed by atoms with Crippen LogP contribution in [-0.2, 0) is 0 Å². The van der Waals surface area contributed by atoms with Gasteiger partial charge in [0, 0.05) is 23.9 Å². The van der Waals surface area contributed by atoms with E-state index in [9.17, 15) is 0 Å². The average molecular weight is 230 g/mol. The molecule has 3 unspecified atom stereocenters. The second-order valence-electron chi connectivity index (χ2n) is 4.52. The van der Waals surface area contributed by atoms with Crippen molar-refractivity contribution in [3.63, 3.8) is 0 Å². The van der Waals surface area contributed by atoms with Crippen molar-refractivity contribution in [3.8, 4) is 0 Å². The molecule has 90 valence electrons. The summed E-state index contributed by atoms with van der Waals surface area (Å²) in [7, 11) is 0. The van der Waals surface area contributed by atoms with E-state index in [0.29, 0.717) is 6.04 Å². The number of likely N-dealkylation sites (N-methyl/N-ethyl adjacent to an activating group) is 1. The van der Waals surface area contributed by atoms with Crippen molar-refractivity contribution in [1.82, 2.24) is 10.2 Å². The first kappa shape index (κ1) is 13.3. The van der Waals surface area contributed by atoms with Gasteiger partial charge in [0.2, 0.25) is 0 Å². The zero-order valence-corrected chi connectivity index (χ0v) is 11.4. The molecule has 3 heteroatoms. The summed E-state index contributed by atoms with van der Waals surface area (Å²) in [5.74, 6) is 1.33. The molecule has 1 fully saturated rings. The molecule has 0 aliphatic carbocycles. The monoisotopic (exact) mass is 230 g/mol. The molecule has 2 nitrogen and oxygen atoms in total. The number of thioether (sulfide) groups is 1. The fourth-order valence-electron chi connectivity index (χ4n) is 2.24. The Kier molecular flexibility index (Phi) is 6.02. The molecule has 15 heavy (non-hydrogen) atoms. The van der Waals surface area contributed by atoms with E-state index in [1.807, 2.05) is 0 Å². The second-order valence-corrected chi connectivity index (χ2v) is 6.01. The molecule has 1 rings (SSSR count). The first-order valence-electron chi connectivity index (χ1n) is 6.27. The number of rotatable bonds is 6. The van der Waals surface area contributed by atoms with Crippen LogP contribution in [0.4, 0.5) is 0 Å². The number of nitrogens with zero attached hydrogens (tertiary/aromatic N) is 1. The smallest absolute Gasteiger partial charge is 0.0194 e. The lowest BCUT2D eigenvalue weighted by atomic mass is 10.1. The van der Waals surface area contributed by atoms with Gasteiger partial charge in [0.05, 0.1) is 0 Å². The Bertz CT molecular complexity index is 171. The number of hydrogen-bond acceptors (Lipinski definition) is 3. The molecule has 0 aromatic carbocycles. The minimum absolute atomic E-state index is 0.621. The van der Waals surface area contributed by atoms with E-state index in [2.05, 4.69) is 49.7 Å². The van der Waals surface area contributed by atoms with Crippen LogP contribution in [0.25, 0.3) is 0 Å².